The molecule has 0 aromatic carbocycles. The number of hydrogen-bond donors (Lipinski definition) is 3. The van der Waals surface area contributed by atoms with Crippen LogP contribution in [0.15, 0.2) is 6.20 Å². The quantitative estimate of drug-likeness (QED) is 0.555. The van der Waals surface area contributed by atoms with Crippen LogP contribution in [-0.2, 0) is 0 Å². The van der Waals surface area contributed by atoms with Crippen molar-refractivity contribution in [1.29, 1.82) is 0 Å². The van der Waals surface area contributed by atoms with Gasteiger partial charge in [0.25, 0.3) is 0 Å². The van der Waals surface area contributed by atoms with Gasteiger partial charge in [0.2, 0.25) is 5.95 Å². The predicted molar refractivity (Wildman–Crippen MR) is 53.2 cm³/mol. The van der Waals surface area contributed by atoms with Crippen molar-refractivity contribution in [2.45, 2.75) is 0 Å². The average Bonchev–Trinajstić information content (AvgIpc) is 2.09. The summed E-state index contributed by atoms with van der Waals surface area (Å²) in [5.74, 6) is 0.839. The molecular formula is C7H14N6. The second kappa shape index (κ2) is 3.90. The molecule has 0 aliphatic carbocycles. The van der Waals surface area contributed by atoms with E-state index in [1.807, 2.05) is 11.9 Å². The fraction of sp³-hybridized carbons (Fsp3) is 0.429. The first-order valence-corrected chi connectivity index (χ1v) is 3.94. The van der Waals surface area contributed by atoms with Crippen LogP contribution in [0.2, 0.25) is 0 Å². The van der Waals surface area contributed by atoms with E-state index in [4.69, 9.17) is 17.2 Å². The normalized spacial score (nSPS) is 10.0. The van der Waals surface area contributed by atoms with Gasteiger partial charge in [-0.25, -0.2) is 4.98 Å². The molecule has 1 aromatic rings. The second-order valence-corrected chi connectivity index (χ2v) is 2.72. The average molecular weight is 182 g/mol. The second-order valence-electron chi connectivity index (χ2n) is 2.72. The SMILES string of the molecule is CN(CCN)c1nc(N)ncc1N. The van der Waals surface area contributed by atoms with Gasteiger partial charge in [-0.3, -0.25) is 0 Å². The van der Waals surface area contributed by atoms with Crippen LogP contribution in [0.5, 0.6) is 0 Å². The highest BCUT2D eigenvalue weighted by atomic mass is 15.2. The molecule has 1 heterocycles. The number of nitrogen functional groups attached to an aromatic ring is 2. The van der Waals surface area contributed by atoms with E-state index >= 15 is 0 Å². The topological polar surface area (TPSA) is 107 Å². The highest BCUT2D eigenvalue weighted by Gasteiger charge is 2.06. The molecule has 0 aliphatic rings. The number of anilines is 3. The van der Waals surface area contributed by atoms with Gasteiger partial charge in [-0.15, -0.1) is 0 Å². The third kappa shape index (κ3) is 2.19. The molecule has 0 fully saturated rings. The smallest absolute Gasteiger partial charge is 0.222 e. The third-order valence-electron chi connectivity index (χ3n) is 1.64. The van der Waals surface area contributed by atoms with Crippen molar-refractivity contribution in [2.24, 2.45) is 5.73 Å². The van der Waals surface area contributed by atoms with E-state index in [0.29, 0.717) is 24.6 Å². The van der Waals surface area contributed by atoms with Crippen LogP contribution in [0.25, 0.3) is 0 Å². The Balaban J connectivity index is 2.91. The molecule has 6 heteroatoms. The minimum absolute atomic E-state index is 0.216. The fourth-order valence-corrected chi connectivity index (χ4v) is 1.00. The Morgan fingerprint density at radius 2 is 2.15 bits per heavy atom. The Kier molecular flexibility index (Phi) is 2.86. The van der Waals surface area contributed by atoms with Gasteiger partial charge in [0, 0.05) is 20.1 Å². The number of hydrogen-bond acceptors (Lipinski definition) is 6. The van der Waals surface area contributed by atoms with Crippen molar-refractivity contribution >= 4 is 17.5 Å². The first-order valence-electron chi connectivity index (χ1n) is 3.94. The van der Waals surface area contributed by atoms with E-state index in [-0.39, 0.29) is 5.95 Å². The molecule has 0 saturated carbocycles. The van der Waals surface area contributed by atoms with Crippen molar-refractivity contribution < 1.29 is 0 Å². The van der Waals surface area contributed by atoms with E-state index in [2.05, 4.69) is 9.97 Å². The predicted octanol–water partition coefficient (Wildman–Crippen LogP) is -0.964. The number of aromatic nitrogens is 2. The maximum Gasteiger partial charge on any atom is 0.222 e. The van der Waals surface area contributed by atoms with Crippen molar-refractivity contribution in [1.82, 2.24) is 9.97 Å². The molecule has 72 valence electrons. The maximum absolute atomic E-state index is 5.66. The van der Waals surface area contributed by atoms with Crippen LogP contribution in [0.3, 0.4) is 0 Å². The molecule has 6 nitrogen and oxygen atoms in total. The van der Waals surface area contributed by atoms with Crippen molar-refractivity contribution in [3.63, 3.8) is 0 Å². The number of nitrogens with two attached hydrogens (primary N) is 3. The summed E-state index contributed by atoms with van der Waals surface area (Å²) in [6, 6.07) is 0. The maximum atomic E-state index is 5.66. The molecule has 6 N–H and O–H groups in total. The van der Waals surface area contributed by atoms with Crippen molar-refractivity contribution in [3.05, 3.63) is 6.20 Å². The van der Waals surface area contributed by atoms with E-state index in [1.54, 1.807) is 0 Å². The molecule has 0 aliphatic heterocycles. The Hall–Kier alpha value is -1.56. The van der Waals surface area contributed by atoms with Gasteiger partial charge in [0.1, 0.15) is 0 Å². The molecule has 0 bridgehead atoms. The lowest BCUT2D eigenvalue weighted by atomic mass is 10.4. The van der Waals surface area contributed by atoms with Gasteiger partial charge in [0.05, 0.1) is 11.9 Å². The van der Waals surface area contributed by atoms with Crippen LogP contribution < -0.4 is 22.1 Å². The zero-order valence-electron chi connectivity index (χ0n) is 7.57. The molecule has 0 spiro atoms. The van der Waals surface area contributed by atoms with Gasteiger partial charge in [-0.05, 0) is 0 Å². The van der Waals surface area contributed by atoms with E-state index in [0.717, 1.165) is 0 Å². The zero-order chi connectivity index (χ0) is 9.84. The minimum atomic E-state index is 0.216. The lowest BCUT2D eigenvalue weighted by molar-refractivity contribution is 0.868. The lowest BCUT2D eigenvalue weighted by Crippen LogP contribution is -2.27. The molecule has 0 atom stereocenters. The van der Waals surface area contributed by atoms with E-state index in [1.165, 1.54) is 6.20 Å². The van der Waals surface area contributed by atoms with Crippen molar-refractivity contribution in [3.8, 4) is 0 Å². The minimum Gasteiger partial charge on any atom is -0.394 e. The molecule has 0 saturated heterocycles. The number of rotatable bonds is 3. The summed E-state index contributed by atoms with van der Waals surface area (Å²) >= 11 is 0. The first kappa shape index (κ1) is 9.53. The van der Waals surface area contributed by atoms with E-state index < -0.39 is 0 Å². The summed E-state index contributed by atoms with van der Waals surface area (Å²) in [7, 11) is 1.85. The summed E-state index contributed by atoms with van der Waals surface area (Å²) in [4.78, 5) is 9.61. The zero-order valence-corrected chi connectivity index (χ0v) is 7.57. The van der Waals surface area contributed by atoms with Crippen LogP contribution in [0.4, 0.5) is 17.5 Å². The summed E-state index contributed by atoms with van der Waals surface area (Å²) in [5, 5.41) is 0. The number of likely N-dealkylation sites (N-methyl/N-ethyl adjacent to an activating group) is 1. The largest absolute Gasteiger partial charge is 0.394 e. The fourth-order valence-electron chi connectivity index (χ4n) is 1.00. The Morgan fingerprint density at radius 3 is 2.77 bits per heavy atom. The van der Waals surface area contributed by atoms with Crippen LogP contribution >= 0.6 is 0 Å². The summed E-state index contributed by atoms with van der Waals surface area (Å²) < 4.78 is 0. The molecular weight excluding hydrogens is 168 g/mol. The Labute approximate surface area is 76.7 Å². The summed E-state index contributed by atoms with van der Waals surface area (Å²) in [5.41, 5.74) is 17.0. The van der Waals surface area contributed by atoms with Crippen LogP contribution in [0, 0.1) is 0 Å². The van der Waals surface area contributed by atoms with Gasteiger partial charge in [0.15, 0.2) is 5.82 Å². The standard InChI is InChI=1S/C7H14N6/c1-13(3-2-8)6-5(9)4-11-7(10)12-6/h4H,2-3,8-9H2,1H3,(H2,10,11,12). The van der Waals surface area contributed by atoms with E-state index in [9.17, 15) is 0 Å². The monoisotopic (exact) mass is 182 g/mol. The highest BCUT2D eigenvalue weighted by molar-refractivity contribution is 5.62. The highest BCUT2D eigenvalue weighted by Crippen LogP contribution is 2.17. The Morgan fingerprint density at radius 1 is 1.46 bits per heavy atom. The van der Waals surface area contributed by atoms with Gasteiger partial charge in [-0.2, -0.15) is 4.98 Å². The third-order valence-corrected chi connectivity index (χ3v) is 1.64. The summed E-state index contributed by atoms with van der Waals surface area (Å²) in [6.07, 6.45) is 1.49. The molecule has 0 amide bonds. The first-order chi connectivity index (χ1) is 6.15. The summed E-state index contributed by atoms with van der Waals surface area (Å²) in [6.45, 7) is 1.22. The molecule has 13 heavy (non-hydrogen) atoms. The van der Waals surface area contributed by atoms with Gasteiger partial charge in [-0.1, -0.05) is 0 Å². The number of nitrogens with zero attached hydrogens (tertiary/aromatic N) is 3. The molecule has 0 unspecified atom stereocenters. The lowest BCUT2D eigenvalue weighted by Gasteiger charge is -2.18. The molecule has 0 radical (unpaired) electrons. The van der Waals surface area contributed by atoms with Crippen LogP contribution in [-0.4, -0.2) is 30.1 Å². The molecule has 1 rings (SSSR count). The molecule has 1 aromatic heterocycles. The van der Waals surface area contributed by atoms with Gasteiger partial charge < -0.3 is 22.1 Å². The van der Waals surface area contributed by atoms with Crippen molar-refractivity contribution in [2.75, 3.05) is 36.5 Å². The van der Waals surface area contributed by atoms with Crippen LogP contribution in [0.1, 0.15) is 0 Å². The Bertz CT molecular complexity index is 286. The van der Waals surface area contributed by atoms with Gasteiger partial charge >= 0.3 is 0 Å².